The number of fused-ring (bicyclic) bond motifs is 3. The van der Waals surface area contributed by atoms with E-state index in [9.17, 15) is 19.2 Å². The number of anilines is 1. The Hall–Kier alpha value is -3.68. The van der Waals surface area contributed by atoms with Crippen LogP contribution in [0.15, 0.2) is 36.4 Å². The minimum absolute atomic E-state index is 0.0149. The van der Waals surface area contributed by atoms with Crippen LogP contribution >= 0.6 is 0 Å². The van der Waals surface area contributed by atoms with E-state index in [2.05, 4.69) is 5.32 Å². The number of hydrogen-bond donors (Lipinski definition) is 1. The fourth-order valence-electron chi connectivity index (χ4n) is 3.90. The van der Waals surface area contributed by atoms with E-state index in [1.165, 1.54) is 0 Å². The smallest absolute Gasteiger partial charge is 0.432 e. The van der Waals surface area contributed by atoms with E-state index >= 15 is 0 Å². The maximum Gasteiger partial charge on any atom is 0.533 e. The number of imide groups is 1. The van der Waals surface area contributed by atoms with Gasteiger partial charge in [-0.15, -0.1) is 0 Å². The van der Waals surface area contributed by atoms with Crippen LogP contribution in [0.4, 0.5) is 10.5 Å². The van der Waals surface area contributed by atoms with Gasteiger partial charge >= 0.3 is 6.16 Å². The van der Waals surface area contributed by atoms with Crippen LogP contribution in [-0.2, 0) is 24.0 Å². The summed E-state index contributed by atoms with van der Waals surface area (Å²) >= 11 is 0. The summed E-state index contributed by atoms with van der Waals surface area (Å²) < 4.78 is 5.29. The summed E-state index contributed by atoms with van der Waals surface area (Å²) in [5.74, 6) is -1.50. The van der Waals surface area contributed by atoms with E-state index < -0.39 is 18.0 Å². The molecule has 0 saturated carbocycles. The molecule has 0 spiro atoms. The predicted molar refractivity (Wildman–Crippen MR) is 111 cm³/mol. The summed E-state index contributed by atoms with van der Waals surface area (Å²) in [7, 11) is 0. The molecule has 1 atom stereocenters. The fourth-order valence-corrected chi connectivity index (χ4v) is 3.90. The highest BCUT2D eigenvalue weighted by Gasteiger charge is 2.35. The van der Waals surface area contributed by atoms with E-state index in [1.54, 1.807) is 6.92 Å². The van der Waals surface area contributed by atoms with Gasteiger partial charge in [-0.1, -0.05) is 41.8 Å². The minimum atomic E-state index is -1.11. The molecule has 0 radical (unpaired) electrons. The molecule has 1 unspecified atom stereocenters. The first-order valence-corrected chi connectivity index (χ1v) is 10.1. The number of ether oxygens (including phenoxy) is 1. The molecular weight excluding hydrogens is 400 g/mol. The Kier molecular flexibility index (Phi) is 5.46. The molecule has 2 aliphatic rings. The third-order valence-electron chi connectivity index (χ3n) is 5.44. The van der Waals surface area contributed by atoms with Crippen LogP contribution in [0.25, 0.3) is 11.1 Å². The van der Waals surface area contributed by atoms with Crippen LogP contribution in [0.1, 0.15) is 48.8 Å². The summed E-state index contributed by atoms with van der Waals surface area (Å²) in [5, 5.41) is 3.31. The standard InChI is InChI=1S/C23H22N2O6/c1-3-20(26)24-14-5-7-16-15-6-4-13(2)10-17(15)19(18(16)11-14)12-30-23(29)31-25-21(27)8-9-22(25)28/h4-7,10-11,19H,3,8-9,12H2,1-2H3,(H,24,26). The average Bonchev–Trinajstić information content (AvgIpc) is 3.22. The summed E-state index contributed by atoms with van der Waals surface area (Å²) in [4.78, 5) is 52.0. The molecule has 1 fully saturated rings. The highest BCUT2D eigenvalue weighted by atomic mass is 16.8. The third-order valence-corrected chi connectivity index (χ3v) is 5.44. The lowest BCUT2D eigenvalue weighted by Gasteiger charge is -2.17. The first-order valence-electron chi connectivity index (χ1n) is 10.1. The molecule has 3 amide bonds. The molecule has 1 N–H and O–H groups in total. The second-order valence-corrected chi connectivity index (χ2v) is 7.58. The van der Waals surface area contributed by atoms with Crippen LogP contribution in [0.2, 0.25) is 0 Å². The first kappa shape index (κ1) is 20.6. The van der Waals surface area contributed by atoms with Gasteiger partial charge in [0.2, 0.25) is 5.91 Å². The largest absolute Gasteiger partial charge is 0.533 e. The van der Waals surface area contributed by atoms with Crippen molar-refractivity contribution in [2.45, 2.75) is 39.0 Å². The summed E-state index contributed by atoms with van der Waals surface area (Å²) in [6, 6.07) is 11.7. The molecule has 0 aromatic heterocycles. The fraction of sp³-hybridized carbons (Fsp3) is 0.304. The predicted octanol–water partition coefficient (Wildman–Crippen LogP) is 3.67. The number of aryl methyl sites for hydroxylation is 1. The molecule has 2 aromatic rings. The third kappa shape index (κ3) is 4.01. The Morgan fingerprint density at radius 1 is 1.03 bits per heavy atom. The van der Waals surface area contributed by atoms with Crippen molar-refractivity contribution in [3.05, 3.63) is 53.1 Å². The molecule has 0 bridgehead atoms. The summed E-state index contributed by atoms with van der Waals surface area (Å²) in [6.07, 6.45) is -0.716. The van der Waals surface area contributed by atoms with E-state index in [-0.39, 0.29) is 31.3 Å². The second-order valence-electron chi connectivity index (χ2n) is 7.58. The van der Waals surface area contributed by atoms with Crippen molar-refractivity contribution < 1.29 is 28.8 Å². The molecule has 8 nitrogen and oxygen atoms in total. The van der Waals surface area contributed by atoms with E-state index in [4.69, 9.17) is 9.57 Å². The van der Waals surface area contributed by atoms with Gasteiger partial charge in [0, 0.05) is 30.9 Å². The van der Waals surface area contributed by atoms with Gasteiger partial charge in [0.15, 0.2) is 0 Å². The van der Waals surface area contributed by atoms with Crippen molar-refractivity contribution in [2.75, 3.05) is 11.9 Å². The second kappa shape index (κ2) is 8.22. The highest BCUT2D eigenvalue weighted by Crippen LogP contribution is 2.46. The Bertz CT molecular complexity index is 1080. The Morgan fingerprint density at radius 3 is 2.35 bits per heavy atom. The molecule has 1 saturated heterocycles. The SMILES string of the molecule is CCC(=O)Nc1ccc2c(c1)C(COC(=O)ON1C(=O)CCC1=O)c1cc(C)ccc1-2. The minimum Gasteiger partial charge on any atom is -0.432 e. The molecular formula is C23H22N2O6. The zero-order valence-electron chi connectivity index (χ0n) is 17.3. The Balaban J connectivity index is 1.56. The maximum absolute atomic E-state index is 12.1. The van der Waals surface area contributed by atoms with Crippen LogP contribution in [-0.4, -0.2) is 35.5 Å². The number of amides is 3. The lowest BCUT2D eigenvalue weighted by Crippen LogP contribution is -2.32. The van der Waals surface area contributed by atoms with Gasteiger partial charge in [0.05, 0.1) is 0 Å². The highest BCUT2D eigenvalue weighted by molar-refractivity contribution is 6.01. The zero-order chi connectivity index (χ0) is 22.1. The van der Waals surface area contributed by atoms with Gasteiger partial charge in [-0.25, -0.2) is 4.79 Å². The van der Waals surface area contributed by atoms with Gasteiger partial charge in [-0.05, 0) is 41.3 Å². The zero-order valence-corrected chi connectivity index (χ0v) is 17.3. The molecule has 1 heterocycles. The topological polar surface area (TPSA) is 102 Å². The number of rotatable bonds is 5. The first-order chi connectivity index (χ1) is 14.9. The maximum atomic E-state index is 12.1. The normalized spacial score (nSPS) is 16.7. The van der Waals surface area contributed by atoms with E-state index in [0.717, 1.165) is 27.8 Å². The number of nitrogens with one attached hydrogen (secondary N) is 1. The monoisotopic (exact) mass is 422 g/mol. The van der Waals surface area contributed by atoms with Crippen molar-refractivity contribution in [1.82, 2.24) is 5.06 Å². The van der Waals surface area contributed by atoms with Crippen LogP contribution in [0.3, 0.4) is 0 Å². The van der Waals surface area contributed by atoms with E-state index in [1.807, 2.05) is 43.3 Å². The number of carbonyl (C=O) groups is 4. The van der Waals surface area contributed by atoms with Gasteiger partial charge in [-0.2, -0.15) is 0 Å². The number of nitrogens with zero attached hydrogens (tertiary/aromatic N) is 1. The van der Waals surface area contributed by atoms with Gasteiger partial charge < -0.3 is 10.1 Å². The van der Waals surface area contributed by atoms with Gasteiger partial charge in [0.25, 0.3) is 11.8 Å². The van der Waals surface area contributed by atoms with Crippen LogP contribution in [0.5, 0.6) is 0 Å². The van der Waals surface area contributed by atoms with Crippen molar-refractivity contribution in [3.63, 3.8) is 0 Å². The quantitative estimate of drug-likeness (QED) is 0.583. The van der Waals surface area contributed by atoms with Crippen LogP contribution in [0, 0.1) is 6.92 Å². The van der Waals surface area contributed by atoms with Crippen LogP contribution < -0.4 is 5.32 Å². The Labute approximate surface area is 179 Å². The Morgan fingerprint density at radius 2 is 1.68 bits per heavy atom. The molecule has 2 aromatic carbocycles. The number of carbonyl (C=O) groups excluding carboxylic acids is 4. The van der Waals surface area contributed by atoms with Crippen molar-refractivity contribution in [2.24, 2.45) is 0 Å². The van der Waals surface area contributed by atoms with Gasteiger partial charge in [0.1, 0.15) is 6.61 Å². The molecule has 1 aliphatic heterocycles. The van der Waals surface area contributed by atoms with Crippen molar-refractivity contribution in [1.29, 1.82) is 0 Å². The average molecular weight is 422 g/mol. The summed E-state index contributed by atoms with van der Waals surface area (Å²) in [6.45, 7) is 3.72. The van der Waals surface area contributed by atoms with Crippen molar-refractivity contribution >= 4 is 29.6 Å². The molecule has 4 rings (SSSR count). The van der Waals surface area contributed by atoms with Gasteiger partial charge in [-0.3, -0.25) is 19.2 Å². The lowest BCUT2D eigenvalue weighted by atomic mass is 9.96. The molecule has 160 valence electrons. The van der Waals surface area contributed by atoms with E-state index in [0.29, 0.717) is 17.2 Å². The molecule has 1 aliphatic carbocycles. The number of hydrogen-bond acceptors (Lipinski definition) is 6. The number of benzene rings is 2. The molecule has 31 heavy (non-hydrogen) atoms. The lowest BCUT2D eigenvalue weighted by molar-refractivity contribution is -0.177. The number of hydroxylamine groups is 2. The summed E-state index contributed by atoms with van der Waals surface area (Å²) in [5.41, 5.74) is 5.66. The van der Waals surface area contributed by atoms with Crippen molar-refractivity contribution in [3.8, 4) is 11.1 Å². The molecule has 8 heteroatoms.